The van der Waals surface area contributed by atoms with Crippen molar-refractivity contribution in [2.45, 2.75) is 24.3 Å². The molecule has 4 nitrogen and oxygen atoms in total. The molecule has 116 valence electrons. The molecular formula is C18H17N3OS. The summed E-state index contributed by atoms with van der Waals surface area (Å²) in [5, 5.41) is 12.6. The minimum atomic E-state index is -0.125. The minimum Gasteiger partial charge on any atom is -0.308 e. The van der Waals surface area contributed by atoms with E-state index in [1.807, 2.05) is 19.9 Å². The summed E-state index contributed by atoms with van der Waals surface area (Å²) in [6.07, 6.45) is 0. The molecule has 0 saturated heterocycles. The fraction of sp³-hybridized carbons (Fsp3) is 0.222. The molecule has 23 heavy (non-hydrogen) atoms. The number of aromatic amines is 1. The molecule has 1 aliphatic heterocycles. The first-order valence-electron chi connectivity index (χ1n) is 7.63. The maximum absolute atomic E-state index is 12.2. The van der Waals surface area contributed by atoms with E-state index in [1.165, 1.54) is 16.3 Å². The molecule has 2 heterocycles. The van der Waals surface area contributed by atoms with Crippen LogP contribution in [-0.2, 0) is 4.79 Å². The lowest BCUT2D eigenvalue weighted by atomic mass is 10.0. The van der Waals surface area contributed by atoms with Gasteiger partial charge < -0.3 is 5.32 Å². The van der Waals surface area contributed by atoms with E-state index in [0.29, 0.717) is 5.82 Å². The molecule has 2 aromatic carbocycles. The third kappa shape index (κ3) is 2.41. The Hall–Kier alpha value is -2.27. The number of aromatic nitrogens is 2. The summed E-state index contributed by atoms with van der Waals surface area (Å²) in [6, 6.07) is 14.8. The number of rotatable bonds is 1. The van der Waals surface area contributed by atoms with Gasteiger partial charge in [0, 0.05) is 11.3 Å². The normalized spacial score (nSPS) is 20.9. The second-order valence-electron chi connectivity index (χ2n) is 5.87. The van der Waals surface area contributed by atoms with E-state index in [1.54, 1.807) is 11.8 Å². The molecule has 0 aliphatic carbocycles. The Morgan fingerprint density at radius 2 is 1.91 bits per heavy atom. The Morgan fingerprint density at radius 1 is 1.13 bits per heavy atom. The van der Waals surface area contributed by atoms with Gasteiger partial charge in [-0.15, -0.1) is 11.8 Å². The van der Waals surface area contributed by atoms with Gasteiger partial charge in [0.15, 0.2) is 5.82 Å². The smallest absolute Gasteiger partial charge is 0.238 e. The van der Waals surface area contributed by atoms with Crippen molar-refractivity contribution in [2.24, 2.45) is 0 Å². The molecule has 4 rings (SSSR count). The van der Waals surface area contributed by atoms with Crippen LogP contribution in [0.15, 0.2) is 42.5 Å². The molecule has 0 saturated carbocycles. The Balaban J connectivity index is 1.87. The number of fused-ring (bicyclic) bond motifs is 2. The van der Waals surface area contributed by atoms with Crippen LogP contribution >= 0.6 is 11.8 Å². The van der Waals surface area contributed by atoms with E-state index in [2.05, 4.69) is 51.9 Å². The predicted octanol–water partition coefficient (Wildman–Crippen LogP) is 4.03. The number of carbonyl (C=O) groups is 1. The fourth-order valence-electron chi connectivity index (χ4n) is 3.02. The summed E-state index contributed by atoms with van der Waals surface area (Å²) in [7, 11) is 0. The molecule has 2 atom stereocenters. The third-order valence-electron chi connectivity index (χ3n) is 4.28. The van der Waals surface area contributed by atoms with Crippen molar-refractivity contribution in [3.8, 4) is 0 Å². The highest BCUT2D eigenvalue weighted by Gasteiger charge is 2.32. The third-order valence-corrected chi connectivity index (χ3v) is 5.69. The highest BCUT2D eigenvalue weighted by molar-refractivity contribution is 8.01. The number of carbonyl (C=O) groups excluding carboxylic acids is 1. The zero-order valence-corrected chi connectivity index (χ0v) is 13.8. The summed E-state index contributed by atoms with van der Waals surface area (Å²) >= 11 is 1.67. The standard InChI is InChI=1S/C18H17N3OS/c1-10-15-16(23-11(2)18(22)19-17(15)21-20-10)14-8-7-12-5-3-4-6-13(12)9-14/h3-9,11,16H,1-2H3,(H2,19,20,21,22)/t11-,16+/m0/s1. The Labute approximate surface area is 138 Å². The topological polar surface area (TPSA) is 57.8 Å². The number of amides is 1. The van der Waals surface area contributed by atoms with Crippen LogP contribution in [0, 0.1) is 6.92 Å². The van der Waals surface area contributed by atoms with Gasteiger partial charge >= 0.3 is 0 Å². The number of thioether (sulfide) groups is 1. The first-order chi connectivity index (χ1) is 11.1. The molecule has 3 aromatic rings. The maximum Gasteiger partial charge on any atom is 0.238 e. The molecule has 0 fully saturated rings. The molecule has 0 unspecified atom stereocenters. The number of aryl methyl sites for hydroxylation is 1. The molecule has 0 spiro atoms. The first kappa shape index (κ1) is 14.3. The Bertz CT molecular complexity index is 902. The Morgan fingerprint density at radius 3 is 2.74 bits per heavy atom. The Kier molecular flexibility index (Phi) is 3.38. The van der Waals surface area contributed by atoms with Crippen LogP contribution in [0.3, 0.4) is 0 Å². The quantitative estimate of drug-likeness (QED) is 0.711. The fourth-order valence-corrected chi connectivity index (χ4v) is 4.34. The van der Waals surface area contributed by atoms with Crippen LogP contribution in [0.4, 0.5) is 5.82 Å². The number of nitrogens with one attached hydrogen (secondary N) is 2. The van der Waals surface area contributed by atoms with Crippen LogP contribution in [0.2, 0.25) is 0 Å². The number of hydrogen-bond acceptors (Lipinski definition) is 3. The van der Waals surface area contributed by atoms with Crippen molar-refractivity contribution in [3.63, 3.8) is 0 Å². The van der Waals surface area contributed by atoms with Crippen LogP contribution in [0.25, 0.3) is 10.8 Å². The van der Waals surface area contributed by atoms with Crippen LogP contribution in [-0.4, -0.2) is 21.4 Å². The lowest BCUT2D eigenvalue weighted by Crippen LogP contribution is -2.21. The average Bonchev–Trinajstić information content (AvgIpc) is 2.86. The van der Waals surface area contributed by atoms with Crippen molar-refractivity contribution < 1.29 is 4.79 Å². The number of H-pyrrole nitrogens is 1. The van der Waals surface area contributed by atoms with E-state index in [-0.39, 0.29) is 16.4 Å². The lowest BCUT2D eigenvalue weighted by Gasteiger charge is -2.18. The molecular weight excluding hydrogens is 306 g/mol. The van der Waals surface area contributed by atoms with Gasteiger partial charge in [-0.3, -0.25) is 9.89 Å². The highest BCUT2D eigenvalue weighted by Crippen LogP contribution is 2.45. The van der Waals surface area contributed by atoms with Gasteiger partial charge in [-0.05, 0) is 36.2 Å². The SMILES string of the molecule is Cc1[nH]nc2c1[C@@H](c1ccc3ccccc3c1)S[C@@H](C)C(=O)N2. The number of hydrogen-bond donors (Lipinski definition) is 2. The number of nitrogens with zero attached hydrogens (tertiary/aromatic N) is 1. The molecule has 1 aliphatic rings. The van der Waals surface area contributed by atoms with Gasteiger partial charge in [-0.2, -0.15) is 5.10 Å². The molecule has 0 bridgehead atoms. The molecule has 2 N–H and O–H groups in total. The molecule has 5 heteroatoms. The molecule has 1 amide bonds. The zero-order valence-electron chi connectivity index (χ0n) is 13.0. The van der Waals surface area contributed by atoms with Gasteiger partial charge in [0.05, 0.1) is 10.5 Å². The van der Waals surface area contributed by atoms with Crippen LogP contribution in [0.1, 0.15) is 29.0 Å². The first-order valence-corrected chi connectivity index (χ1v) is 8.57. The zero-order chi connectivity index (χ0) is 16.0. The summed E-state index contributed by atoms with van der Waals surface area (Å²) < 4.78 is 0. The average molecular weight is 323 g/mol. The summed E-state index contributed by atoms with van der Waals surface area (Å²) in [5.74, 6) is 0.661. The number of benzene rings is 2. The van der Waals surface area contributed by atoms with E-state index < -0.39 is 0 Å². The van der Waals surface area contributed by atoms with Gasteiger partial charge in [0.2, 0.25) is 5.91 Å². The minimum absolute atomic E-state index is 0.00559. The highest BCUT2D eigenvalue weighted by atomic mass is 32.2. The molecule has 1 aromatic heterocycles. The molecule has 0 radical (unpaired) electrons. The lowest BCUT2D eigenvalue weighted by molar-refractivity contribution is -0.115. The summed E-state index contributed by atoms with van der Waals surface area (Å²) in [4.78, 5) is 12.2. The van der Waals surface area contributed by atoms with Crippen molar-refractivity contribution >= 4 is 34.3 Å². The second kappa shape index (κ2) is 5.42. The second-order valence-corrected chi connectivity index (χ2v) is 7.32. The van der Waals surface area contributed by atoms with Crippen LogP contribution < -0.4 is 5.32 Å². The monoisotopic (exact) mass is 323 g/mol. The van der Waals surface area contributed by atoms with Gasteiger partial charge in [0.25, 0.3) is 0 Å². The van der Waals surface area contributed by atoms with Gasteiger partial charge in [0.1, 0.15) is 0 Å². The van der Waals surface area contributed by atoms with E-state index >= 15 is 0 Å². The summed E-state index contributed by atoms with van der Waals surface area (Å²) in [6.45, 7) is 3.95. The largest absolute Gasteiger partial charge is 0.308 e. The van der Waals surface area contributed by atoms with Crippen molar-refractivity contribution in [1.82, 2.24) is 10.2 Å². The van der Waals surface area contributed by atoms with Gasteiger partial charge in [-0.25, -0.2) is 0 Å². The summed E-state index contributed by atoms with van der Waals surface area (Å²) in [5.41, 5.74) is 3.27. The van der Waals surface area contributed by atoms with E-state index in [9.17, 15) is 4.79 Å². The van der Waals surface area contributed by atoms with Crippen molar-refractivity contribution in [2.75, 3.05) is 5.32 Å². The maximum atomic E-state index is 12.2. The van der Waals surface area contributed by atoms with Crippen molar-refractivity contribution in [3.05, 3.63) is 59.3 Å². The van der Waals surface area contributed by atoms with Crippen molar-refractivity contribution in [1.29, 1.82) is 0 Å². The number of anilines is 1. The predicted molar refractivity (Wildman–Crippen MR) is 94.8 cm³/mol. The van der Waals surface area contributed by atoms with E-state index in [4.69, 9.17) is 0 Å². The van der Waals surface area contributed by atoms with Crippen LogP contribution in [0.5, 0.6) is 0 Å². The van der Waals surface area contributed by atoms with Gasteiger partial charge in [-0.1, -0.05) is 36.4 Å². The van der Waals surface area contributed by atoms with E-state index in [0.717, 1.165) is 11.3 Å².